The van der Waals surface area contributed by atoms with Gasteiger partial charge in [0, 0.05) is 51.5 Å². The number of hydrogen-bond donors (Lipinski definition) is 0. The van der Waals surface area contributed by atoms with Crippen LogP contribution in [0.4, 0.5) is 10.5 Å². The van der Waals surface area contributed by atoms with Crippen molar-refractivity contribution in [3.8, 4) is 0 Å². The zero-order valence-corrected chi connectivity index (χ0v) is 17.1. The third-order valence-corrected chi connectivity index (χ3v) is 5.61. The van der Waals surface area contributed by atoms with Crippen LogP contribution in [0.25, 0.3) is 0 Å². The predicted octanol–water partition coefficient (Wildman–Crippen LogP) is 4.04. The second kappa shape index (κ2) is 8.70. The maximum atomic E-state index is 12.5. The van der Waals surface area contributed by atoms with Crippen molar-refractivity contribution in [2.45, 2.75) is 26.6 Å². The number of piperazine rings is 1. The van der Waals surface area contributed by atoms with Crippen LogP contribution >= 0.6 is 0 Å². The quantitative estimate of drug-likeness (QED) is 0.721. The third kappa shape index (κ3) is 4.80. The molecule has 4 rings (SSSR count). The van der Waals surface area contributed by atoms with E-state index in [1.165, 1.54) is 22.4 Å². The van der Waals surface area contributed by atoms with Crippen molar-refractivity contribution < 1.29 is 9.53 Å². The normalized spacial score (nSPS) is 16.6. The van der Waals surface area contributed by atoms with Gasteiger partial charge < -0.3 is 9.64 Å². The van der Waals surface area contributed by atoms with Crippen molar-refractivity contribution in [2.75, 3.05) is 37.6 Å². The summed E-state index contributed by atoms with van der Waals surface area (Å²) in [5.41, 5.74) is 5.91. The number of amides is 1. The van der Waals surface area contributed by atoms with Crippen molar-refractivity contribution in [3.63, 3.8) is 0 Å². The molecule has 0 spiro atoms. The zero-order chi connectivity index (χ0) is 20.2. The molecule has 1 saturated heterocycles. The number of nitrogens with zero attached hydrogens (tertiary/aromatic N) is 3. The molecule has 0 unspecified atom stereocenters. The van der Waals surface area contributed by atoms with E-state index in [0.29, 0.717) is 19.7 Å². The van der Waals surface area contributed by atoms with E-state index in [1.807, 2.05) is 30.3 Å². The van der Waals surface area contributed by atoms with Crippen LogP contribution in [-0.4, -0.2) is 48.6 Å². The van der Waals surface area contributed by atoms with Crippen LogP contribution in [0.2, 0.25) is 0 Å². The molecule has 0 aromatic heterocycles. The highest BCUT2D eigenvalue weighted by molar-refractivity contribution is 5.69. The third-order valence-electron chi connectivity index (χ3n) is 5.61. The predicted molar refractivity (Wildman–Crippen MR) is 116 cm³/mol. The highest BCUT2D eigenvalue weighted by atomic mass is 16.6. The molecule has 0 atom stereocenters. The summed E-state index contributed by atoms with van der Waals surface area (Å²) in [7, 11) is 0. The number of ether oxygens (including phenoxy) is 1. The molecule has 152 valence electrons. The van der Waals surface area contributed by atoms with Gasteiger partial charge in [-0.15, -0.1) is 0 Å². The minimum absolute atomic E-state index is 0.250. The second-order valence-corrected chi connectivity index (χ2v) is 8.07. The van der Waals surface area contributed by atoms with E-state index in [2.05, 4.69) is 41.5 Å². The number of anilines is 1. The van der Waals surface area contributed by atoms with Gasteiger partial charge in [0.1, 0.15) is 6.61 Å². The van der Waals surface area contributed by atoms with Gasteiger partial charge in [-0.25, -0.2) is 4.79 Å². The summed E-state index contributed by atoms with van der Waals surface area (Å²) in [6.07, 6.45) is -0.250. The first-order valence-electron chi connectivity index (χ1n) is 10.3. The van der Waals surface area contributed by atoms with Gasteiger partial charge in [0.15, 0.2) is 0 Å². The molecule has 0 bridgehead atoms. The van der Waals surface area contributed by atoms with Crippen molar-refractivity contribution >= 4 is 11.8 Å². The standard InChI is InChI=1S/C24H29N3O2/c1-19(2)15-25-10-12-26(13-11-25)23-9-8-21-16-27(17-22(21)14-23)24(28)29-18-20-6-4-3-5-7-20/h3-9,14H,1,10-13,15-18H2,2H3. The fraction of sp³-hybridized carbons (Fsp3) is 0.375. The topological polar surface area (TPSA) is 36.0 Å². The van der Waals surface area contributed by atoms with Gasteiger partial charge in [-0.2, -0.15) is 0 Å². The lowest BCUT2D eigenvalue weighted by Crippen LogP contribution is -2.46. The van der Waals surface area contributed by atoms with Gasteiger partial charge in [0.05, 0.1) is 0 Å². The number of benzene rings is 2. The fourth-order valence-corrected chi connectivity index (χ4v) is 4.06. The first-order chi connectivity index (χ1) is 14.1. The molecule has 5 heteroatoms. The second-order valence-electron chi connectivity index (χ2n) is 8.07. The van der Waals surface area contributed by atoms with E-state index >= 15 is 0 Å². The fourth-order valence-electron chi connectivity index (χ4n) is 4.06. The molecule has 2 aliphatic heterocycles. The summed E-state index contributed by atoms with van der Waals surface area (Å²) >= 11 is 0. The van der Waals surface area contributed by atoms with Crippen molar-refractivity contribution in [1.29, 1.82) is 0 Å². The molecule has 2 aromatic carbocycles. The zero-order valence-electron chi connectivity index (χ0n) is 17.1. The van der Waals surface area contributed by atoms with E-state index in [9.17, 15) is 4.79 Å². The molecule has 2 aromatic rings. The maximum absolute atomic E-state index is 12.5. The summed E-state index contributed by atoms with van der Waals surface area (Å²) in [4.78, 5) is 19.1. The molecular weight excluding hydrogens is 362 g/mol. The summed E-state index contributed by atoms with van der Waals surface area (Å²) in [6.45, 7) is 12.8. The lowest BCUT2D eigenvalue weighted by Gasteiger charge is -2.36. The highest BCUT2D eigenvalue weighted by Crippen LogP contribution is 2.28. The van der Waals surface area contributed by atoms with Gasteiger partial charge in [-0.3, -0.25) is 9.80 Å². The number of carbonyl (C=O) groups excluding carboxylic acids is 1. The Labute approximate surface area is 173 Å². The summed E-state index contributed by atoms with van der Waals surface area (Å²) in [6, 6.07) is 16.4. The van der Waals surface area contributed by atoms with Crippen molar-refractivity contribution in [2.24, 2.45) is 0 Å². The van der Waals surface area contributed by atoms with E-state index in [1.54, 1.807) is 4.90 Å². The average Bonchev–Trinajstić information content (AvgIpc) is 3.16. The first kappa shape index (κ1) is 19.5. The van der Waals surface area contributed by atoms with E-state index in [-0.39, 0.29) is 6.09 Å². The summed E-state index contributed by atoms with van der Waals surface area (Å²) in [5.74, 6) is 0. The Balaban J connectivity index is 1.32. The summed E-state index contributed by atoms with van der Waals surface area (Å²) in [5, 5.41) is 0. The van der Waals surface area contributed by atoms with Gasteiger partial charge in [0.2, 0.25) is 0 Å². The van der Waals surface area contributed by atoms with Gasteiger partial charge in [-0.05, 0) is 35.7 Å². The Morgan fingerprint density at radius 2 is 1.72 bits per heavy atom. The molecule has 0 aliphatic carbocycles. The molecule has 0 radical (unpaired) electrons. The minimum atomic E-state index is -0.250. The first-order valence-corrected chi connectivity index (χ1v) is 10.3. The Bertz CT molecular complexity index is 873. The molecule has 0 N–H and O–H groups in total. The molecule has 0 saturated carbocycles. The van der Waals surface area contributed by atoms with E-state index in [0.717, 1.165) is 38.3 Å². The van der Waals surface area contributed by atoms with Crippen LogP contribution in [0.5, 0.6) is 0 Å². The van der Waals surface area contributed by atoms with Gasteiger partial charge in [0.25, 0.3) is 0 Å². The highest BCUT2D eigenvalue weighted by Gasteiger charge is 2.26. The van der Waals surface area contributed by atoms with Crippen LogP contribution in [0.15, 0.2) is 60.7 Å². The molecular formula is C24H29N3O2. The molecule has 5 nitrogen and oxygen atoms in total. The number of carbonyl (C=O) groups is 1. The number of hydrogen-bond acceptors (Lipinski definition) is 4. The number of rotatable bonds is 5. The van der Waals surface area contributed by atoms with Crippen LogP contribution in [-0.2, 0) is 24.4 Å². The minimum Gasteiger partial charge on any atom is -0.445 e. The Hall–Kier alpha value is -2.79. The molecule has 29 heavy (non-hydrogen) atoms. The molecule has 2 aliphatic rings. The Morgan fingerprint density at radius 1 is 1.00 bits per heavy atom. The van der Waals surface area contributed by atoms with Gasteiger partial charge >= 0.3 is 6.09 Å². The molecule has 2 heterocycles. The van der Waals surface area contributed by atoms with Crippen LogP contribution in [0.3, 0.4) is 0 Å². The smallest absolute Gasteiger partial charge is 0.410 e. The van der Waals surface area contributed by atoms with Gasteiger partial charge in [-0.1, -0.05) is 48.6 Å². The Kier molecular flexibility index (Phi) is 5.86. The Morgan fingerprint density at radius 3 is 2.45 bits per heavy atom. The van der Waals surface area contributed by atoms with Crippen molar-refractivity contribution in [3.05, 3.63) is 77.4 Å². The molecule has 1 amide bonds. The molecule has 1 fully saturated rings. The van der Waals surface area contributed by atoms with Crippen molar-refractivity contribution in [1.82, 2.24) is 9.80 Å². The lowest BCUT2D eigenvalue weighted by atomic mass is 10.1. The lowest BCUT2D eigenvalue weighted by molar-refractivity contribution is 0.0955. The van der Waals surface area contributed by atoms with E-state index < -0.39 is 0 Å². The van der Waals surface area contributed by atoms with E-state index in [4.69, 9.17) is 4.74 Å². The van der Waals surface area contributed by atoms with Crippen LogP contribution in [0, 0.1) is 0 Å². The maximum Gasteiger partial charge on any atom is 0.410 e. The van der Waals surface area contributed by atoms with Crippen LogP contribution < -0.4 is 4.90 Å². The summed E-state index contributed by atoms with van der Waals surface area (Å²) < 4.78 is 5.50. The monoisotopic (exact) mass is 391 g/mol. The van der Waals surface area contributed by atoms with Crippen LogP contribution in [0.1, 0.15) is 23.6 Å². The SMILES string of the molecule is C=C(C)CN1CCN(c2ccc3c(c2)CN(C(=O)OCc2ccccc2)C3)CC1. The number of fused-ring (bicyclic) bond motifs is 1. The average molecular weight is 392 g/mol. The largest absolute Gasteiger partial charge is 0.445 e.